The number of hydrogen-bond donors (Lipinski definition) is 0. The van der Waals surface area contributed by atoms with Gasteiger partial charge in [-0.1, -0.05) is 0 Å². The molecule has 43 heavy (non-hydrogen) atoms. The number of aldehydes is 1. The van der Waals surface area contributed by atoms with Gasteiger partial charge in [-0.2, -0.15) is 0 Å². The summed E-state index contributed by atoms with van der Waals surface area (Å²) in [6, 6.07) is 0. The Morgan fingerprint density at radius 3 is 1.49 bits per heavy atom. The summed E-state index contributed by atoms with van der Waals surface area (Å²) in [4.78, 5) is 12.6. The Kier molecular flexibility index (Phi) is 15.2. The van der Waals surface area contributed by atoms with Crippen molar-refractivity contribution in [2.75, 3.05) is 13.2 Å². The van der Waals surface area contributed by atoms with Crippen LogP contribution < -0.4 is 0 Å². The van der Waals surface area contributed by atoms with E-state index in [0.29, 0.717) is 6.61 Å². The molecular weight excluding hydrogens is 649 g/mol. The number of carbonyl (C=O) groups is 1. The van der Waals surface area contributed by atoms with Crippen LogP contribution in [0, 0.1) is 0 Å². The van der Waals surface area contributed by atoms with E-state index in [4.69, 9.17) is 36.0 Å². The average Bonchev–Trinajstić information content (AvgIpc) is 2.72. The van der Waals surface area contributed by atoms with Crippen molar-refractivity contribution in [3.05, 3.63) is 0 Å². The Labute approximate surface area is 270 Å². The van der Waals surface area contributed by atoms with Crippen molar-refractivity contribution >= 4 is 56.2 Å². The lowest BCUT2D eigenvalue weighted by Crippen LogP contribution is -2.64. The summed E-state index contributed by atoms with van der Waals surface area (Å²) in [5.41, 5.74) is 0. The van der Waals surface area contributed by atoms with Crippen molar-refractivity contribution in [2.45, 2.75) is 161 Å². The zero-order valence-corrected chi connectivity index (χ0v) is 36.7. The molecular formula is C28H66O9Si6. The van der Waals surface area contributed by atoms with Crippen LogP contribution in [-0.2, 0) is 40.8 Å². The van der Waals surface area contributed by atoms with Gasteiger partial charge in [0.25, 0.3) is 0 Å². The van der Waals surface area contributed by atoms with Gasteiger partial charge in [0.2, 0.25) is 0 Å². The number of hydrogen-bond acceptors (Lipinski definition) is 9. The molecule has 0 aromatic heterocycles. The molecule has 0 N–H and O–H groups in total. The lowest BCUT2D eigenvalue weighted by molar-refractivity contribution is -0.285. The molecule has 0 bridgehead atoms. The summed E-state index contributed by atoms with van der Waals surface area (Å²) in [7, 11) is -12.3. The van der Waals surface area contributed by atoms with Gasteiger partial charge in [0.05, 0.1) is 19.3 Å². The second-order valence-corrected chi connectivity index (χ2v) is 44.3. The molecule has 1 heterocycles. The Bertz CT molecular complexity index is 854. The zero-order chi connectivity index (χ0) is 33.8. The summed E-state index contributed by atoms with van der Waals surface area (Å²) >= 11 is 0. The van der Waals surface area contributed by atoms with Crippen molar-refractivity contribution in [2.24, 2.45) is 0 Å². The van der Waals surface area contributed by atoms with Crippen molar-refractivity contribution < 1.29 is 40.8 Å². The fourth-order valence-electron chi connectivity index (χ4n) is 4.56. The van der Waals surface area contributed by atoms with Crippen LogP contribution in [-0.4, -0.2) is 112 Å². The lowest BCUT2D eigenvalue weighted by Gasteiger charge is -2.49. The first-order valence-corrected chi connectivity index (χ1v) is 36.2. The van der Waals surface area contributed by atoms with Gasteiger partial charge < -0.3 is 40.8 Å². The van der Waals surface area contributed by atoms with Crippen LogP contribution in [0.25, 0.3) is 0 Å². The van der Waals surface area contributed by atoms with E-state index in [2.05, 4.69) is 118 Å². The van der Waals surface area contributed by atoms with Gasteiger partial charge in [-0.25, -0.2) is 0 Å². The summed E-state index contributed by atoms with van der Waals surface area (Å²) in [5.74, 6) is 0. The summed E-state index contributed by atoms with van der Waals surface area (Å²) in [5, 5.41) is 0. The van der Waals surface area contributed by atoms with Gasteiger partial charge in [0, 0.05) is 0 Å². The Balaban J connectivity index is 3.69. The summed E-state index contributed by atoms with van der Waals surface area (Å²) in [6.07, 6.45) is -3.17. The molecule has 1 rings (SSSR count). The molecule has 256 valence electrons. The van der Waals surface area contributed by atoms with E-state index in [1.807, 2.05) is 0 Å². The quantitative estimate of drug-likeness (QED) is 0.111. The molecule has 0 saturated carbocycles. The molecule has 15 heteroatoms. The maximum absolute atomic E-state index is 12.6. The van der Waals surface area contributed by atoms with Crippen LogP contribution in [0.5, 0.6) is 0 Å². The SMILES string of the molecule is C[Si](C)(C)OC[C@@H](O[C@@H]1OC[C@@H](O[Si](C)(C)C)[C@H](O[Si](C)(C)C)[C@H]1O[Si](C)(C)C)[C@H](O[Si](C)(C)C)[C@H](C=O)O[Si](C)(C)C. The van der Waals surface area contributed by atoms with Gasteiger partial charge in [0.15, 0.2) is 56.2 Å². The van der Waals surface area contributed by atoms with Crippen LogP contribution in [0.2, 0.25) is 118 Å². The van der Waals surface area contributed by atoms with Crippen LogP contribution in [0.1, 0.15) is 0 Å². The fraction of sp³-hybridized carbons (Fsp3) is 0.964. The molecule has 0 aromatic carbocycles. The molecule has 1 fully saturated rings. The van der Waals surface area contributed by atoms with Crippen LogP contribution >= 0.6 is 0 Å². The van der Waals surface area contributed by atoms with E-state index >= 15 is 0 Å². The molecule has 0 radical (unpaired) electrons. The van der Waals surface area contributed by atoms with E-state index in [1.54, 1.807) is 0 Å². The number of ether oxygens (including phenoxy) is 2. The first kappa shape index (κ1) is 41.7. The van der Waals surface area contributed by atoms with Crippen molar-refractivity contribution in [3.63, 3.8) is 0 Å². The molecule has 1 aliphatic heterocycles. The smallest absolute Gasteiger partial charge is 0.185 e. The predicted molar refractivity (Wildman–Crippen MR) is 191 cm³/mol. The third-order valence-electron chi connectivity index (χ3n) is 5.66. The maximum Gasteiger partial charge on any atom is 0.185 e. The van der Waals surface area contributed by atoms with E-state index in [1.165, 1.54) is 0 Å². The predicted octanol–water partition coefficient (Wildman–Crippen LogP) is 6.88. The highest BCUT2D eigenvalue weighted by atomic mass is 28.4. The van der Waals surface area contributed by atoms with Crippen LogP contribution in [0.4, 0.5) is 0 Å². The van der Waals surface area contributed by atoms with E-state index < -0.39 is 80.6 Å². The van der Waals surface area contributed by atoms with Crippen LogP contribution in [0.3, 0.4) is 0 Å². The highest BCUT2D eigenvalue weighted by molar-refractivity contribution is 6.71. The average molecular weight is 715 g/mol. The molecule has 7 atom stereocenters. The molecule has 9 nitrogen and oxygen atoms in total. The molecule has 1 aliphatic rings. The monoisotopic (exact) mass is 714 g/mol. The topological polar surface area (TPSA) is 90.9 Å². The van der Waals surface area contributed by atoms with Crippen molar-refractivity contribution in [1.82, 2.24) is 0 Å². The van der Waals surface area contributed by atoms with Crippen molar-refractivity contribution in [1.29, 1.82) is 0 Å². The van der Waals surface area contributed by atoms with E-state index in [-0.39, 0.29) is 18.8 Å². The minimum absolute atomic E-state index is 0.248. The fourth-order valence-corrected chi connectivity index (χ4v) is 10.6. The minimum Gasteiger partial charge on any atom is -0.415 e. The maximum atomic E-state index is 12.6. The third-order valence-corrected chi connectivity index (χ3v) is 11.6. The normalized spacial score (nSPS) is 25.3. The summed E-state index contributed by atoms with van der Waals surface area (Å²) in [6.45, 7) is 39.1. The molecule has 1 saturated heterocycles. The second-order valence-electron chi connectivity index (χ2n) is 17.5. The van der Waals surface area contributed by atoms with E-state index in [9.17, 15) is 4.79 Å². The molecule has 0 aliphatic carbocycles. The lowest BCUT2D eigenvalue weighted by atomic mass is 10.0. The Morgan fingerprint density at radius 1 is 0.628 bits per heavy atom. The zero-order valence-electron chi connectivity index (χ0n) is 30.7. The Hall–Kier alpha value is 0.651. The standard InChI is InChI=1S/C28H66O9Si6/c1-38(2,3)31-21-23(25(35-41(10,11)12)22(19-29)33-39(4,5)6)32-28-27(37-43(16,17)18)26(36-42(13,14)15)24(20-30-28)34-40(7,8)9/h19,22-28H,20-21H2,1-18H3/t22-,23+,24+,25+,26-,27+,28-/m0/s1. The van der Waals surface area contributed by atoms with Crippen LogP contribution in [0.15, 0.2) is 0 Å². The highest BCUT2D eigenvalue weighted by Gasteiger charge is 2.50. The van der Waals surface area contributed by atoms with Gasteiger partial charge in [-0.3, -0.25) is 0 Å². The molecule has 0 aromatic rings. The molecule has 0 amide bonds. The van der Waals surface area contributed by atoms with Crippen molar-refractivity contribution in [3.8, 4) is 0 Å². The largest absolute Gasteiger partial charge is 0.415 e. The highest BCUT2D eigenvalue weighted by Crippen LogP contribution is 2.33. The van der Waals surface area contributed by atoms with Gasteiger partial charge in [-0.05, 0) is 118 Å². The first-order chi connectivity index (χ1) is 19.0. The Morgan fingerprint density at radius 2 is 1.09 bits per heavy atom. The minimum atomic E-state index is -2.16. The summed E-state index contributed by atoms with van der Waals surface area (Å²) < 4.78 is 53.3. The molecule has 0 unspecified atom stereocenters. The third kappa shape index (κ3) is 18.0. The molecule has 0 spiro atoms. The van der Waals surface area contributed by atoms with Gasteiger partial charge in [0.1, 0.15) is 36.8 Å². The van der Waals surface area contributed by atoms with Gasteiger partial charge >= 0.3 is 0 Å². The number of carbonyl (C=O) groups excluding carboxylic acids is 1. The van der Waals surface area contributed by atoms with Gasteiger partial charge in [-0.15, -0.1) is 0 Å². The number of rotatable bonds is 18. The second kappa shape index (κ2) is 15.7. The first-order valence-electron chi connectivity index (χ1n) is 15.7. The van der Waals surface area contributed by atoms with E-state index in [0.717, 1.165) is 6.29 Å².